The van der Waals surface area contributed by atoms with Crippen molar-refractivity contribution in [3.8, 4) is 0 Å². The van der Waals surface area contributed by atoms with Crippen LogP contribution in [0.15, 0.2) is 24.4 Å². The summed E-state index contributed by atoms with van der Waals surface area (Å²) in [5, 5.41) is 3.12. The summed E-state index contributed by atoms with van der Waals surface area (Å²) >= 11 is 0. The number of amides is 2. The van der Waals surface area contributed by atoms with Gasteiger partial charge in [0.1, 0.15) is 5.82 Å². The van der Waals surface area contributed by atoms with Crippen LogP contribution in [0.3, 0.4) is 0 Å². The molecular weight excluding hydrogens is 292 g/mol. The van der Waals surface area contributed by atoms with E-state index in [-0.39, 0.29) is 6.03 Å². The van der Waals surface area contributed by atoms with Crippen molar-refractivity contribution in [2.24, 2.45) is 0 Å². The molecular formula is C16H20N6O. The first-order valence-corrected chi connectivity index (χ1v) is 7.54. The van der Waals surface area contributed by atoms with Crippen molar-refractivity contribution >= 4 is 17.8 Å². The molecule has 0 fully saturated rings. The predicted octanol–water partition coefficient (Wildman–Crippen LogP) is 1.96. The van der Waals surface area contributed by atoms with E-state index >= 15 is 0 Å². The zero-order valence-corrected chi connectivity index (χ0v) is 13.6. The van der Waals surface area contributed by atoms with Crippen LogP contribution in [0.25, 0.3) is 0 Å². The molecule has 3 heterocycles. The van der Waals surface area contributed by atoms with Crippen molar-refractivity contribution in [3.05, 3.63) is 41.3 Å². The maximum absolute atomic E-state index is 12.0. The van der Waals surface area contributed by atoms with E-state index in [1.54, 1.807) is 30.1 Å². The lowest BCUT2D eigenvalue weighted by Crippen LogP contribution is -2.42. The van der Waals surface area contributed by atoms with E-state index in [4.69, 9.17) is 0 Å². The van der Waals surface area contributed by atoms with Crippen molar-refractivity contribution in [2.75, 3.05) is 26.0 Å². The lowest BCUT2D eigenvalue weighted by Gasteiger charge is -2.30. The standard InChI is InChI=1S/C16H20N6O/c1-11-5-4-6-14(18-11)20-15-17-9-12-10-22(16(23)21(2)3)8-7-13(12)19-15/h4-6,9H,7-8,10H2,1-3H3,(H,17,18,19,20). The third-order valence-electron chi connectivity index (χ3n) is 3.72. The van der Waals surface area contributed by atoms with E-state index in [9.17, 15) is 4.79 Å². The van der Waals surface area contributed by atoms with Crippen LogP contribution in [-0.4, -0.2) is 51.4 Å². The first kappa shape index (κ1) is 15.2. The minimum absolute atomic E-state index is 0.0156. The van der Waals surface area contributed by atoms with Gasteiger partial charge in [-0.1, -0.05) is 6.07 Å². The van der Waals surface area contributed by atoms with E-state index < -0.39 is 0 Å². The smallest absolute Gasteiger partial charge is 0.319 e. The molecule has 2 aromatic heterocycles. The van der Waals surface area contributed by atoms with Gasteiger partial charge < -0.3 is 15.1 Å². The van der Waals surface area contributed by atoms with Gasteiger partial charge in [-0.25, -0.2) is 19.7 Å². The molecule has 1 aliphatic heterocycles. The Kier molecular flexibility index (Phi) is 4.10. The first-order valence-electron chi connectivity index (χ1n) is 7.54. The second-order valence-corrected chi connectivity index (χ2v) is 5.80. The molecule has 0 saturated carbocycles. The number of urea groups is 1. The number of hydrogen-bond donors (Lipinski definition) is 1. The van der Waals surface area contributed by atoms with Gasteiger partial charge in [-0.05, 0) is 19.1 Å². The summed E-state index contributed by atoms with van der Waals surface area (Å²) in [7, 11) is 3.52. The lowest BCUT2D eigenvalue weighted by molar-refractivity contribution is 0.165. The summed E-state index contributed by atoms with van der Waals surface area (Å²) in [6, 6.07) is 5.78. The fraction of sp³-hybridized carbons (Fsp3) is 0.375. The Hall–Kier alpha value is -2.70. The second kappa shape index (κ2) is 6.20. The van der Waals surface area contributed by atoms with Crippen molar-refractivity contribution in [1.29, 1.82) is 0 Å². The second-order valence-electron chi connectivity index (χ2n) is 5.80. The van der Waals surface area contributed by atoms with Crippen molar-refractivity contribution in [1.82, 2.24) is 24.8 Å². The topological polar surface area (TPSA) is 74.2 Å². The summed E-state index contributed by atoms with van der Waals surface area (Å²) in [4.78, 5) is 28.7. The van der Waals surface area contributed by atoms with E-state index in [2.05, 4.69) is 20.3 Å². The normalized spacial score (nSPS) is 13.4. The van der Waals surface area contributed by atoms with Gasteiger partial charge in [0.05, 0.1) is 12.2 Å². The third kappa shape index (κ3) is 3.39. The minimum atomic E-state index is 0.0156. The highest BCUT2D eigenvalue weighted by Crippen LogP contribution is 2.19. The van der Waals surface area contributed by atoms with Crippen LogP contribution in [0, 0.1) is 6.92 Å². The molecule has 120 valence electrons. The number of anilines is 2. The van der Waals surface area contributed by atoms with Crippen LogP contribution in [0.2, 0.25) is 0 Å². The Morgan fingerprint density at radius 2 is 2.13 bits per heavy atom. The van der Waals surface area contributed by atoms with Gasteiger partial charge in [-0.2, -0.15) is 0 Å². The van der Waals surface area contributed by atoms with Crippen LogP contribution >= 0.6 is 0 Å². The van der Waals surface area contributed by atoms with E-state index in [1.807, 2.05) is 25.1 Å². The molecule has 0 atom stereocenters. The van der Waals surface area contributed by atoms with Gasteiger partial charge in [-0.15, -0.1) is 0 Å². The average molecular weight is 312 g/mol. The van der Waals surface area contributed by atoms with Crippen LogP contribution in [0.5, 0.6) is 0 Å². The fourth-order valence-corrected chi connectivity index (χ4v) is 2.55. The number of carbonyl (C=O) groups is 1. The Balaban J connectivity index is 1.75. The number of nitrogens with one attached hydrogen (secondary N) is 1. The predicted molar refractivity (Wildman–Crippen MR) is 87.5 cm³/mol. The van der Waals surface area contributed by atoms with Gasteiger partial charge >= 0.3 is 6.03 Å². The summed E-state index contributed by atoms with van der Waals surface area (Å²) in [6.45, 7) is 3.16. The molecule has 0 saturated heterocycles. The summed E-state index contributed by atoms with van der Waals surface area (Å²) < 4.78 is 0. The number of pyridine rings is 1. The summed E-state index contributed by atoms with van der Waals surface area (Å²) in [6.07, 6.45) is 2.52. The van der Waals surface area contributed by atoms with Gasteiger partial charge in [0.15, 0.2) is 0 Å². The zero-order chi connectivity index (χ0) is 16.4. The molecule has 7 heteroatoms. The van der Waals surface area contributed by atoms with E-state index in [0.29, 0.717) is 19.0 Å². The van der Waals surface area contributed by atoms with Crippen LogP contribution < -0.4 is 5.32 Å². The maximum Gasteiger partial charge on any atom is 0.319 e. The number of nitrogens with zero attached hydrogens (tertiary/aromatic N) is 5. The molecule has 0 aromatic carbocycles. The first-order chi connectivity index (χ1) is 11.0. The van der Waals surface area contributed by atoms with Gasteiger partial charge in [0.25, 0.3) is 0 Å². The highest BCUT2D eigenvalue weighted by atomic mass is 16.2. The monoisotopic (exact) mass is 312 g/mol. The summed E-state index contributed by atoms with van der Waals surface area (Å²) in [5.41, 5.74) is 2.91. The molecule has 23 heavy (non-hydrogen) atoms. The molecule has 2 aromatic rings. The molecule has 0 aliphatic carbocycles. The van der Waals surface area contributed by atoms with Crippen molar-refractivity contribution in [3.63, 3.8) is 0 Å². The molecule has 2 amide bonds. The zero-order valence-electron chi connectivity index (χ0n) is 13.6. The van der Waals surface area contributed by atoms with Gasteiger partial charge in [0.2, 0.25) is 5.95 Å². The molecule has 0 spiro atoms. The molecule has 3 rings (SSSR count). The number of fused-ring (bicyclic) bond motifs is 1. The van der Waals surface area contributed by atoms with E-state index in [0.717, 1.165) is 29.2 Å². The largest absolute Gasteiger partial charge is 0.331 e. The SMILES string of the molecule is Cc1cccc(Nc2ncc3c(n2)CCN(C(=O)N(C)C)C3)n1. The molecule has 1 N–H and O–H groups in total. The van der Waals surface area contributed by atoms with Crippen molar-refractivity contribution in [2.45, 2.75) is 19.9 Å². The quantitative estimate of drug-likeness (QED) is 0.917. The van der Waals surface area contributed by atoms with Crippen LogP contribution in [0.4, 0.5) is 16.6 Å². The number of rotatable bonds is 2. The third-order valence-corrected chi connectivity index (χ3v) is 3.72. The van der Waals surface area contributed by atoms with E-state index in [1.165, 1.54) is 0 Å². The number of aromatic nitrogens is 3. The van der Waals surface area contributed by atoms with Gasteiger partial charge in [-0.3, -0.25) is 0 Å². The van der Waals surface area contributed by atoms with Crippen LogP contribution in [0.1, 0.15) is 17.0 Å². The fourth-order valence-electron chi connectivity index (χ4n) is 2.55. The van der Waals surface area contributed by atoms with Crippen molar-refractivity contribution < 1.29 is 4.79 Å². The molecule has 0 bridgehead atoms. The highest BCUT2D eigenvalue weighted by molar-refractivity contribution is 5.74. The lowest BCUT2D eigenvalue weighted by atomic mass is 10.1. The Bertz CT molecular complexity index is 730. The number of aryl methyl sites for hydroxylation is 1. The summed E-state index contributed by atoms with van der Waals surface area (Å²) in [5.74, 6) is 1.26. The Morgan fingerprint density at radius 3 is 2.87 bits per heavy atom. The van der Waals surface area contributed by atoms with Gasteiger partial charge in [0, 0.05) is 44.5 Å². The number of hydrogen-bond acceptors (Lipinski definition) is 5. The Labute approximate surface area is 135 Å². The molecule has 0 radical (unpaired) electrons. The maximum atomic E-state index is 12.0. The van der Waals surface area contributed by atoms with Crippen LogP contribution in [-0.2, 0) is 13.0 Å². The molecule has 0 unspecified atom stereocenters. The number of carbonyl (C=O) groups excluding carboxylic acids is 1. The minimum Gasteiger partial charge on any atom is -0.331 e. The average Bonchev–Trinajstić information content (AvgIpc) is 2.53. The Morgan fingerprint density at radius 1 is 1.30 bits per heavy atom. The molecule has 1 aliphatic rings. The highest BCUT2D eigenvalue weighted by Gasteiger charge is 2.23. The molecule has 7 nitrogen and oxygen atoms in total.